The molecule has 0 spiro atoms. The molecule has 0 saturated carbocycles. The van der Waals surface area contributed by atoms with Gasteiger partial charge in [-0.15, -0.1) is 0 Å². The maximum absolute atomic E-state index is 11.4. The zero-order valence-electron chi connectivity index (χ0n) is 28.2. The molecule has 10 rings (SSSR count). The van der Waals surface area contributed by atoms with Gasteiger partial charge in [0.05, 0.1) is 12.2 Å². The molecule has 0 saturated heterocycles. The summed E-state index contributed by atoms with van der Waals surface area (Å²) in [5.74, 6) is 1.71. The Bertz CT molecular complexity index is 2550. The van der Waals surface area contributed by atoms with Crippen molar-refractivity contribution in [1.29, 1.82) is 0 Å². The lowest BCUT2D eigenvalue weighted by atomic mass is 9.97. The molecule has 1 aromatic heterocycles. The van der Waals surface area contributed by atoms with E-state index in [4.69, 9.17) is 24.4 Å². The summed E-state index contributed by atoms with van der Waals surface area (Å²) in [4.78, 5) is 15.3. The van der Waals surface area contributed by atoms with Crippen LogP contribution < -0.4 is 4.74 Å². The van der Waals surface area contributed by atoms with Gasteiger partial charge in [-0.1, -0.05) is 97.1 Å². The molecule has 7 aromatic carbocycles. The molecule has 1 atom stereocenters. The summed E-state index contributed by atoms with van der Waals surface area (Å²) in [7, 11) is 1.52. The highest BCUT2D eigenvalue weighted by atomic mass is 16.5. The lowest BCUT2D eigenvalue weighted by Crippen LogP contribution is -2.22. The van der Waals surface area contributed by atoms with Crippen molar-refractivity contribution in [3.63, 3.8) is 0 Å². The van der Waals surface area contributed by atoms with Gasteiger partial charge in [-0.25, -0.2) is 15.0 Å². The number of hydrogen-bond donors (Lipinski definition) is 2. The van der Waals surface area contributed by atoms with Gasteiger partial charge in [0.2, 0.25) is 0 Å². The first-order valence-electron chi connectivity index (χ1n) is 17.3. The van der Waals surface area contributed by atoms with Gasteiger partial charge in [0.25, 0.3) is 0 Å². The largest absolute Gasteiger partial charge is 0.507 e. The Kier molecular flexibility index (Phi) is 6.93. The minimum atomic E-state index is -0.795. The van der Waals surface area contributed by atoms with Gasteiger partial charge in [-0.05, 0) is 90.3 Å². The van der Waals surface area contributed by atoms with E-state index in [-0.39, 0.29) is 19.0 Å². The number of nitrogens with zero attached hydrogens (tertiary/aromatic N) is 3. The third kappa shape index (κ3) is 4.64. The second kappa shape index (κ2) is 11.8. The highest BCUT2D eigenvalue weighted by Crippen LogP contribution is 2.51. The van der Waals surface area contributed by atoms with E-state index in [9.17, 15) is 10.2 Å². The summed E-state index contributed by atoms with van der Waals surface area (Å²) < 4.78 is 10.7. The van der Waals surface area contributed by atoms with Crippen molar-refractivity contribution < 1.29 is 19.7 Å². The Morgan fingerprint density at radius 3 is 1.38 bits per heavy atom. The molecule has 0 amide bonds. The van der Waals surface area contributed by atoms with Crippen LogP contribution >= 0.6 is 0 Å². The van der Waals surface area contributed by atoms with Crippen molar-refractivity contribution in [2.75, 3.05) is 20.3 Å². The molecule has 2 aliphatic rings. The van der Waals surface area contributed by atoms with Crippen LogP contribution in [-0.4, -0.2) is 51.6 Å². The molecule has 0 bridgehead atoms. The fourth-order valence-corrected chi connectivity index (χ4v) is 7.97. The molecule has 1 unspecified atom stereocenters. The average Bonchev–Trinajstić information content (AvgIpc) is 3.69. The van der Waals surface area contributed by atoms with E-state index >= 15 is 0 Å². The van der Waals surface area contributed by atoms with Crippen LogP contribution in [0.3, 0.4) is 0 Å². The summed E-state index contributed by atoms with van der Waals surface area (Å²) in [5, 5.41) is 25.9. The van der Waals surface area contributed by atoms with Crippen molar-refractivity contribution in [2.45, 2.75) is 6.10 Å². The summed E-state index contributed by atoms with van der Waals surface area (Å²) in [6.07, 6.45) is -0.795. The number of phenolic OH excluding ortho intramolecular Hbond substituents is 1. The number of aromatic nitrogens is 3. The molecule has 250 valence electrons. The lowest BCUT2D eigenvalue weighted by molar-refractivity contribution is 0.0325. The van der Waals surface area contributed by atoms with Crippen molar-refractivity contribution in [3.05, 3.63) is 127 Å². The van der Waals surface area contributed by atoms with Crippen LogP contribution in [0.2, 0.25) is 0 Å². The van der Waals surface area contributed by atoms with Crippen molar-refractivity contribution in [2.24, 2.45) is 0 Å². The Balaban J connectivity index is 1.17. The Labute approximate surface area is 299 Å². The van der Waals surface area contributed by atoms with Crippen LogP contribution in [0, 0.1) is 0 Å². The van der Waals surface area contributed by atoms with E-state index in [2.05, 4.69) is 109 Å². The quantitative estimate of drug-likeness (QED) is 0.165. The molecule has 0 aliphatic heterocycles. The maximum atomic E-state index is 11.4. The maximum Gasteiger partial charge on any atom is 0.167 e. The lowest BCUT2D eigenvalue weighted by Gasteiger charge is -2.14. The number of hydrogen-bond acceptors (Lipinski definition) is 7. The summed E-state index contributed by atoms with van der Waals surface area (Å²) in [6.45, 7) is 0.170. The Hall–Kier alpha value is -6.41. The predicted molar refractivity (Wildman–Crippen MR) is 205 cm³/mol. The number of benzene rings is 7. The molecule has 52 heavy (non-hydrogen) atoms. The third-order valence-corrected chi connectivity index (χ3v) is 10.2. The third-order valence-electron chi connectivity index (χ3n) is 10.2. The van der Waals surface area contributed by atoms with Crippen LogP contribution in [0.25, 0.3) is 100 Å². The van der Waals surface area contributed by atoms with Crippen LogP contribution in [0.5, 0.6) is 11.5 Å². The first-order valence-corrected chi connectivity index (χ1v) is 17.3. The molecule has 0 radical (unpaired) electrons. The molecule has 8 aromatic rings. The minimum Gasteiger partial charge on any atom is -0.507 e. The fourth-order valence-electron chi connectivity index (χ4n) is 7.97. The molecular formula is C45H31N3O4. The number of aliphatic hydroxyl groups excluding tert-OH is 1. The Morgan fingerprint density at radius 1 is 0.481 bits per heavy atom. The van der Waals surface area contributed by atoms with Gasteiger partial charge in [-0.3, -0.25) is 0 Å². The minimum absolute atomic E-state index is 0.0243. The van der Waals surface area contributed by atoms with Crippen LogP contribution in [0.15, 0.2) is 127 Å². The van der Waals surface area contributed by atoms with Gasteiger partial charge in [0.15, 0.2) is 17.5 Å². The zero-order chi connectivity index (χ0) is 34.9. The molecule has 7 heteroatoms. The molecule has 0 fully saturated rings. The van der Waals surface area contributed by atoms with Gasteiger partial charge in [0, 0.05) is 24.3 Å². The number of methoxy groups -OCH3 is 1. The van der Waals surface area contributed by atoms with Gasteiger partial charge >= 0.3 is 0 Å². The van der Waals surface area contributed by atoms with E-state index in [1.54, 1.807) is 12.1 Å². The average molecular weight is 678 g/mol. The zero-order valence-corrected chi connectivity index (χ0v) is 28.2. The smallest absolute Gasteiger partial charge is 0.167 e. The number of aliphatic hydroxyl groups is 1. The van der Waals surface area contributed by atoms with Crippen LogP contribution in [0.4, 0.5) is 0 Å². The van der Waals surface area contributed by atoms with Crippen molar-refractivity contribution in [1.82, 2.24) is 15.0 Å². The molecule has 7 nitrogen and oxygen atoms in total. The second-order valence-electron chi connectivity index (χ2n) is 13.3. The van der Waals surface area contributed by atoms with Crippen LogP contribution in [-0.2, 0) is 4.74 Å². The topological polar surface area (TPSA) is 97.6 Å². The fraction of sp³-hybridized carbons (Fsp3) is 0.0889. The standard InChI is InChI=1S/C45H31N3O4/c1-51-23-25(49)24-52-26-16-17-39(40(50)22-26)45-47-43(37-20-18-35-29-10-4-2-8-27(29)31-12-6-14-33(37)41(31)35)46-44(48-45)38-21-19-36-30-11-5-3-9-28(30)32-13-7-15-34(38)42(32)36/h2-22,25,49-50H,23-24H2,1H3. The predicted octanol–water partition coefficient (Wildman–Crippen LogP) is 9.57. The van der Waals surface area contributed by atoms with Crippen molar-refractivity contribution >= 4 is 21.5 Å². The SMILES string of the molecule is COCC(O)COc1ccc(-c2nc(-c3ccc4c5c(cccc35)-c3ccccc3-4)nc(-c3ccc4c5c(cccc35)-c3ccccc3-4)n2)c(O)c1. The number of ether oxygens (including phenoxy) is 2. The summed E-state index contributed by atoms with van der Waals surface area (Å²) >= 11 is 0. The van der Waals surface area contributed by atoms with Gasteiger partial charge in [0.1, 0.15) is 24.2 Å². The number of fused-ring (bicyclic) bond motifs is 6. The van der Waals surface area contributed by atoms with Gasteiger partial charge < -0.3 is 19.7 Å². The van der Waals surface area contributed by atoms with E-state index in [0.29, 0.717) is 28.8 Å². The van der Waals surface area contributed by atoms with Gasteiger partial charge in [-0.2, -0.15) is 0 Å². The van der Waals surface area contributed by atoms with E-state index < -0.39 is 6.10 Å². The van der Waals surface area contributed by atoms with Crippen LogP contribution in [0.1, 0.15) is 0 Å². The molecule has 2 N–H and O–H groups in total. The highest BCUT2D eigenvalue weighted by molar-refractivity contribution is 6.19. The normalized spacial score (nSPS) is 12.7. The van der Waals surface area contributed by atoms with E-state index in [1.165, 1.54) is 68.5 Å². The first-order chi connectivity index (χ1) is 25.6. The summed E-state index contributed by atoms with van der Waals surface area (Å²) in [5.41, 5.74) is 11.8. The van der Waals surface area contributed by atoms with Crippen molar-refractivity contribution in [3.8, 4) is 90.2 Å². The number of aromatic hydroxyl groups is 1. The molecule has 1 heterocycles. The Morgan fingerprint density at radius 2 is 0.904 bits per heavy atom. The number of rotatable bonds is 8. The molecule has 2 aliphatic carbocycles. The summed E-state index contributed by atoms with van der Waals surface area (Å²) in [6, 6.07) is 43.3. The van der Waals surface area contributed by atoms with E-state index in [0.717, 1.165) is 21.9 Å². The molecular weight excluding hydrogens is 647 g/mol. The monoisotopic (exact) mass is 677 g/mol. The highest BCUT2D eigenvalue weighted by Gasteiger charge is 2.26. The first kappa shape index (κ1) is 30.4. The van der Waals surface area contributed by atoms with E-state index in [1.807, 2.05) is 0 Å². The number of phenols is 1. The second-order valence-corrected chi connectivity index (χ2v) is 13.3.